The SMILES string of the molecule is C1COC2=C(O1)[Se]C(=C1[Se]C3=C(OCCO3)[Se]1)[Se]2. The molecule has 0 aromatic rings. The van der Waals surface area contributed by atoms with E-state index in [4.69, 9.17) is 18.9 Å². The fraction of sp³-hybridized carbons (Fsp3) is 0.400. The summed E-state index contributed by atoms with van der Waals surface area (Å²) in [6.07, 6.45) is 0. The normalized spacial score (nSPS) is 26.2. The van der Waals surface area contributed by atoms with Gasteiger partial charge in [0.25, 0.3) is 0 Å². The summed E-state index contributed by atoms with van der Waals surface area (Å²) in [7, 11) is 0. The van der Waals surface area contributed by atoms with E-state index in [1.54, 1.807) is 6.74 Å². The predicted molar refractivity (Wildman–Crippen MR) is 67.9 cm³/mol. The minimum atomic E-state index is 0.364. The van der Waals surface area contributed by atoms with Crippen molar-refractivity contribution in [3.05, 3.63) is 25.4 Å². The van der Waals surface area contributed by atoms with Gasteiger partial charge in [-0.2, -0.15) is 0 Å². The Morgan fingerprint density at radius 2 is 0.778 bits per heavy atom. The second-order valence-corrected chi connectivity index (χ2v) is 14.4. The Balaban J connectivity index is 1.54. The van der Waals surface area contributed by atoms with Crippen LogP contribution in [-0.4, -0.2) is 86.3 Å². The molecule has 96 valence electrons. The summed E-state index contributed by atoms with van der Waals surface area (Å²) < 4.78 is 30.7. The Hall–Kier alpha value is 0.498. The van der Waals surface area contributed by atoms with Crippen LogP contribution in [0.3, 0.4) is 0 Å². The molecule has 8 heteroatoms. The van der Waals surface area contributed by atoms with Crippen molar-refractivity contribution in [1.29, 1.82) is 0 Å². The molecule has 4 aliphatic heterocycles. The van der Waals surface area contributed by atoms with Crippen LogP contribution in [0, 0.1) is 0 Å². The number of rotatable bonds is 0. The molecule has 0 aromatic carbocycles. The van der Waals surface area contributed by atoms with Gasteiger partial charge in [-0.25, -0.2) is 0 Å². The fourth-order valence-corrected chi connectivity index (χ4v) is 15.9. The molecule has 0 unspecified atom stereocenters. The van der Waals surface area contributed by atoms with Crippen LogP contribution in [0.1, 0.15) is 0 Å². The Kier molecular flexibility index (Phi) is 3.49. The molecule has 0 spiro atoms. The molecular formula is C10H8O4Se4. The zero-order chi connectivity index (χ0) is 11.9. The van der Waals surface area contributed by atoms with Crippen LogP contribution < -0.4 is 0 Å². The Morgan fingerprint density at radius 3 is 1.06 bits per heavy atom. The van der Waals surface area contributed by atoms with E-state index in [-0.39, 0.29) is 0 Å². The third-order valence-corrected chi connectivity index (χ3v) is 17.3. The molecule has 0 amide bonds. The van der Waals surface area contributed by atoms with E-state index in [0.29, 0.717) is 59.8 Å². The third-order valence-electron chi connectivity index (χ3n) is 2.34. The van der Waals surface area contributed by atoms with Gasteiger partial charge in [0.1, 0.15) is 0 Å². The van der Waals surface area contributed by atoms with Crippen molar-refractivity contribution < 1.29 is 18.9 Å². The monoisotopic (exact) mass is 512 g/mol. The Labute approximate surface area is 130 Å². The van der Waals surface area contributed by atoms with E-state index < -0.39 is 0 Å². The second-order valence-electron chi connectivity index (χ2n) is 3.53. The molecule has 0 saturated heterocycles. The maximum atomic E-state index is 5.71. The van der Waals surface area contributed by atoms with Crippen molar-refractivity contribution in [2.75, 3.05) is 26.4 Å². The molecule has 18 heavy (non-hydrogen) atoms. The Bertz CT molecular complexity index is 412. The maximum absolute atomic E-state index is 5.71. The van der Waals surface area contributed by atoms with Crippen molar-refractivity contribution in [2.24, 2.45) is 0 Å². The first kappa shape index (κ1) is 12.3. The second kappa shape index (κ2) is 5.12. The number of ether oxygens (including phenoxy) is 4. The number of hydrogen-bond acceptors (Lipinski definition) is 4. The van der Waals surface area contributed by atoms with E-state index in [9.17, 15) is 0 Å². The first-order valence-electron chi connectivity index (χ1n) is 5.35. The summed E-state index contributed by atoms with van der Waals surface area (Å²) in [6, 6.07) is 0. The van der Waals surface area contributed by atoms with Crippen LogP contribution in [0.5, 0.6) is 0 Å². The molecule has 0 aliphatic carbocycles. The van der Waals surface area contributed by atoms with Gasteiger partial charge in [-0.1, -0.05) is 0 Å². The van der Waals surface area contributed by atoms with Gasteiger partial charge in [0.15, 0.2) is 0 Å². The van der Waals surface area contributed by atoms with Gasteiger partial charge in [0.05, 0.1) is 0 Å². The van der Waals surface area contributed by atoms with Crippen molar-refractivity contribution in [1.82, 2.24) is 0 Å². The molecule has 0 bridgehead atoms. The van der Waals surface area contributed by atoms with Gasteiger partial charge in [-0.3, -0.25) is 0 Å². The first-order chi connectivity index (χ1) is 8.90. The molecule has 4 rings (SSSR count). The zero-order valence-electron chi connectivity index (χ0n) is 9.09. The van der Waals surface area contributed by atoms with Gasteiger partial charge < -0.3 is 0 Å². The minimum absolute atomic E-state index is 0.364. The summed E-state index contributed by atoms with van der Waals surface area (Å²) in [5, 5.41) is 0. The van der Waals surface area contributed by atoms with E-state index in [0.717, 1.165) is 45.1 Å². The van der Waals surface area contributed by atoms with E-state index in [1.165, 1.54) is 0 Å². The van der Waals surface area contributed by atoms with E-state index in [2.05, 4.69) is 0 Å². The van der Waals surface area contributed by atoms with Crippen molar-refractivity contribution in [3.63, 3.8) is 0 Å². The van der Waals surface area contributed by atoms with Gasteiger partial charge in [-0.15, -0.1) is 0 Å². The first-order valence-corrected chi connectivity index (χ1v) is 12.2. The van der Waals surface area contributed by atoms with E-state index in [1.807, 2.05) is 0 Å². The predicted octanol–water partition coefficient (Wildman–Crippen LogP) is -0.696. The molecule has 4 aliphatic rings. The third kappa shape index (κ3) is 2.19. The van der Waals surface area contributed by atoms with Crippen LogP contribution in [0.4, 0.5) is 0 Å². The average molecular weight is 508 g/mol. The molecule has 0 fully saturated rings. The zero-order valence-corrected chi connectivity index (χ0v) is 15.9. The molecule has 4 heterocycles. The van der Waals surface area contributed by atoms with E-state index >= 15 is 0 Å². The molecule has 0 N–H and O–H groups in total. The summed E-state index contributed by atoms with van der Waals surface area (Å²) in [4.78, 5) is 0. The van der Waals surface area contributed by atoms with Gasteiger partial charge in [0.2, 0.25) is 0 Å². The van der Waals surface area contributed by atoms with Crippen LogP contribution in [0.15, 0.2) is 25.4 Å². The average Bonchev–Trinajstić information content (AvgIpc) is 3.02. The Morgan fingerprint density at radius 1 is 0.500 bits per heavy atom. The molecule has 0 aromatic heterocycles. The van der Waals surface area contributed by atoms with Crippen LogP contribution in [0.2, 0.25) is 0 Å². The molecule has 0 saturated carbocycles. The quantitative estimate of drug-likeness (QED) is 0.407. The topological polar surface area (TPSA) is 36.9 Å². The summed E-state index contributed by atoms with van der Waals surface area (Å²) >= 11 is 1.46. The molecule has 0 radical (unpaired) electrons. The van der Waals surface area contributed by atoms with Gasteiger partial charge >= 0.3 is 131 Å². The van der Waals surface area contributed by atoms with Crippen LogP contribution >= 0.6 is 0 Å². The van der Waals surface area contributed by atoms with Crippen molar-refractivity contribution in [3.8, 4) is 0 Å². The molecular weight excluding hydrogens is 500 g/mol. The molecule has 4 nitrogen and oxygen atoms in total. The van der Waals surface area contributed by atoms with Crippen molar-refractivity contribution >= 4 is 59.8 Å². The van der Waals surface area contributed by atoms with Crippen LogP contribution in [0.25, 0.3) is 0 Å². The fourth-order valence-electron chi connectivity index (χ4n) is 1.60. The number of hydrogen-bond donors (Lipinski definition) is 0. The van der Waals surface area contributed by atoms with Gasteiger partial charge in [0, 0.05) is 0 Å². The standard InChI is InChI=1S/C10H8O4Se4/c1-2-12-6-5(11-1)15-9(16-6)10-17-7-8(18-10)14-4-3-13-7/h1-4H2. The molecule has 0 atom stereocenters. The van der Waals surface area contributed by atoms with Crippen molar-refractivity contribution in [2.45, 2.75) is 0 Å². The summed E-state index contributed by atoms with van der Waals surface area (Å²) in [5.41, 5.74) is 0. The summed E-state index contributed by atoms with van der Waals surface area (Å²) in [5.74, 6) is 0. The van der Waals surface area contributed by atoms with Gasteiger partial charge in [-0.05, 0) is 0 Å². The summed E-state index contributed by atoms with van der Waals surface area (Å²) in [6.45, 7) is 2.88. The van der Waals surface area contributed by atoms with Crippen LogP contribution in [-0.2, 0) is 18.9 Å².